The lowest BCUT2D eigenvalue weighted by atomic mass is 9.95. The molecule has 2 saturated heterocycles. The second-order valence-electron chi connectivity index (χ2n) is 13.5. The van der Waals surface area contributed by atoms with Crippen LogP contribution in [0.15, 0.2) is 29.4 Å². The van der Waals surface area contributed by atoms with Crippen LogP contribution in [0.25, 0.3) is 32.9 Å². The largest absolute Gasteiger partial charge is 0.468 e. The lowest BCUT2D eigenvalue weighted by Gasteiger charge is -2.49. The van der Waals surface area contributed by atoms with Crippen LogP contribution in [0, 0.1) is 24.0 Å². The zero-order chi connectivity index (χ0) is 34.8. The number of rotatable bonds is 6. The molecule has 2 aromatic heterocycles. The van der Waals surface area contributed by atoms with Gasteiger partial charge in [-0.3, -0.25) is 4.90 Å². The van der Waals surface area contributed by atoms with Crippen molar-refractivity contribution in [2.45, 2.75) is 82.0 Å². The minimum Gasteiger partial charge on any atom is -0.468 e. The number of nitrogens with zero attached hydrogens (tertiary/aromatic N) is 5. The summed E-state index contributed by atoms with van der Waals surface area (Å²) in [6, 6.07) is 5.22. The van der Waals surface area contributed by atoms with E-state index >= 15 is 13.2 Å². The minimum atomic E-state index is -2.01. The third-order valence-corrected chi connectivity index (χ3v) is 9.99. The van der Waals surface area contributed by atoms with Crippen molar-refractivity contribution in [3.05, 3.63) is 47.2 Å². The highest BCUT2D eigenvalue weighted by Crippen LogP contribution is 2.49. The monoisotopic (exact) mass is 691 g/mol. The SMILES string of the molecule is C#Cc1c(F)ccc2cc(OCOC)cc(-c3nc4c5c(nc(SCC)nc5c3F)N3C[C@@]5(F)CC[C@@H]([C@H]3CC4)N5C(=O)OC(C)(C)C)c12. The Bertz CT molecular complexity index is 2050. The van der Waals surface area contributed by atoms with E-state index in [1.54, 1.807) is 39.0 Å². The summed E-state index contributed by atoms with van der Waals surface area (Å²) in [5.74, 6) is 0.378. The molecule has 5 heterocycles. The fraction of sp³-hybridized carbons (Fsp3) is 0.444. The maximum Gasteiger partial charge on any atom is 0.413 e. The van der Waals surface area contributed by atoms with E-state index in [4.69, 9.17) is 30.6 Å². The van der Waals surface area contributed by atoms with Gasteiger partial charge in [0.25, 0.3) is 0 Å². The molecule has 0 radical (unpaired) electrons. The van der Waals surface area contributed by atoms with E-state index in [2.05, 4.69) is 10.9 Å². The van der Waals surface area contributed by atoms with E-state index in [0.717, 1.165) is 0 Å². The van der Waals surface area contributed by atoms with Gasteiger partial charge >= 0.3 is 6.09 Å². The predicted molar refractivity (Wildman–Crippen MR) is 181 cm³/mol. The number of aryl methyl sites for hydroxylation is 1. The fourth-order valence-electron chi connectivity index (χ4n) is 7.41. The highest BCUT2D eigenvalue weighted by Gasteiger charge is 2.60. The van der Waals surface area contributed by atoms with Crippen molar-refractivity contribution in [1.82, 2.24) is 19.9 Å². The van der Waals surface area contributed by atoms with Crippen LogP contribution >= 0.6 is 11.8 Å². The van der Waals surface area contributed by atoms with Gasteiger partial charge in [0, 0.05) is 24.5 Å². The lowest BCUT2D eigenvalue weighted by molar-refractivity contribution is -0.0581. The van der Waals surface area contributed by atoms with Crippen LogP contribution in [-0.2, 0) is 15.9 Å². The molecule has 0 saturated carbocycles. The molecule has 2 bridgehead atoms. The molecule has 49 heavy (non-hydrogen) atoms. The number of anilines is 1. The van der Waals surface area contributed by atoms with Crippen LogP contribution in [0.2, 0.25) is 0 Å². The number of thioether (sulfide) groups is 1. The van der Waals surface area contributed by atoms with E-state index in [1.165, 1.54) is 29.8 Å². The number of hydrogen-bond donors (Lipinski definition) is 0. The van der Waals surface area contributed by atoms with Gasteiger partial charge in [-0.25, -0.2) is 32.9 Å². The Hall–Kier alpha value is -4.28. The number of methoxy groups -OCH3 is 1. The molecule has 2 fully saturated rings. The minimum absolute atomic E-state index is 0.0199. The molecule has 9 nitrogen and oxygen atoms in total. The van der Waals surface area contributed by atoms with Gasteiger partial charge in [0.1, 0.15) is 34.2 Å². The quantitative estimate of drug-likeness (QED) is 0.0675. The number of terminal acetylenes is 1. The lowest BCUT2D eigenvalue weighted by Crippen LogP contribution is -2.66. The number of amides is 1. The smallest absolute Gasteiger partial charge is 0.413 e. The molecule has 0 aliphatic carbocycles. The van der Waals surface area contributed by atoms with Gasteiger partial charge in [-0.15, -0.1) is 6.42 Å². The van der Waals surface area contributed by atoms with Crippen LogP contribution in [0.3, 0.4) is 0 Å². The van der Waals surface area contributed by atoms with Crippen molar-refractivity contribution in [1.29, 1.82) is 0 Å². The Balaban J connectivity index is 1.44. The van der Waals surface area contributed by atoms with Gasteiger partial charge < -0.3 is 19.1 Å². The summed E-state index contributed by atoms with van der Waals surface area (Å²) in [5, 5.41) is 1.54. The molecule has 4 aromatic rings. The van der Waals surface area contributed by atoms with Crippen LogP contribution in [-0.4, -0.2) is 75.6 Å². The molecule has 13 heteroatoms. The number of alkyl halides is 1. The van der Waals surface area contributed by atoms with Crippen molar-refractivity contribution < 1.29 is 32.2 Å². The first-order valence-electron chi connectivity index (χ1n) is 16.2. The van der Waals surface area contributed by atoms with Crippen molar-refractivity contribution >= 4 is 45.3 Å². The Morgan fingerprint density at radius 2 is 1.94 bits per heavy atom. The van der Waals surface area contributed by atoms with Gasteiger partial charge in [-0.1, -0.05) is 30.7 Å². The number of carbonyl (C=O) groups excluding carboxylic acids is 1. The molecule has 0 N–H and O–H groups in total. The molecule has 3 aliphatic heterocycles. The first kappa shape index (κ1) is 33.2. The standard InChI is InChI=1S/C36H36F3N5O4S/c1-7-21-23(37)10-9-19-15-20(47-18-46-6)16-22(27(19)21)30-29(38)31-28-24(40-30)11-12-25-26-13-14-36(39,44(26)34(45)48-35(3,4)5)17-43(25)32(28)42-33(41-31)49-8-2/h1,9-10,15-16,25-26H,8,11-14,17-18H2,2-6H3/t25-,26+,36-/m1/s1. The Labute approximate surface area is 286 Å². The van der Waals surface area contributed by atoms with Gasteiger partial charge in [0.2, 0.25) is 5.79 Å². The second-order valence-corrected chi connectivity index (χ2v) is 14.7. The molecule has 3 aliphatic rings. The molecule has 7 rings (SSSR count). The average molecular weight is 692 g/mol. The summed E-state index contributed by atoms with van der Waals surface area (Å²) >= 11 is 1.33. The van der Waals surface area contributed by atoms with Gasteiger partial charge in [0.05, 0.1) is 35.3 Å². The van der Waals surface area contributed by atoms with Crippen LogP contribution in [0.4, 0.5) is 23.8 Å². The van der Waals surface area contributed by atoms with Gasteiger partial charge in [-0.2, -0.15) is 0 Å². The van der Waals surface area contributed by atoms with Crippen molar-refractivity contribution in [2.24, 2.45) is 0 Å². The maximum atomic E-state index is 17.1. The maximum absolute atomic E-state index is 17.1. The third kappa shape index (κ3) is 5.59. The molecular formula is C36H36F3N5O4S. The van der Waals surface area contributed by atoms with Crippen LogP contribution in [0.5, 0.6) is 5.75 Å². The first-order chi connectivity index (χ1) is 23.4. The van der Waals surface area contributed by atoms with Crippen LogP contribution in [0.1, 0.15) is 58.2 Å². The molecule has 0 unspecified atom stereocenters. The number of carbonyl (C=O) groups is 1. The van der Waals surface area contributed by atoms with E-state index in [9.17, 15) is 4.79 Å². The zero-order valence-electron chi connectivity index (χ0n) is 27.9. The summed E-state index contributed by atoms with van der Waals surface area (Å²) in [7, 11) is 1.48. The predicted octanol–water partition coefficient (Wildman–Crippen LogP) is 7.40. The molecular weight excluding hydrogens is 655 g/mol. The van der Waals surface area contributed by atoms with E-state index in [-0.39, 0.29) is 48.1 Å². The Morgan fingerprint density at radius 1 is 1.14 bits per heavy atom. The number of halogens is 3. The van der Waals surface area contributed by atoms with Crippen LogP contribution < -0.4 is 9.64 Å². The number of ether oxygens (including phenoxy) is 3. The number of pyridine rings is 1. The van der Waals surface area contributed by atoms with Gasteiger partial charge in [-0.05, 0) is 69.4 Å². The van der Waals surface area contributed by atoms with E-state index in [1.807, 2.05) is 11.8 Å². The van der Waals surface area contributed by atoms with Crippen molar-refractivity contribution in [3.63, 3.8) is 0 Å². The summed E-state index contributed by atoms with van der Waals surface area (Å²) < 4.78 is 65.6. The summed E-state index contributed by atoms with van der Waals surface area (Å²) in [4.78, 5) is 31.0. The third-order valence-electron chi connectivity index (χ3n) is 9.26. The highest BCUT2D eigenvalue weighted by atomic mass is 32.2. The summed E-state index contributed by atoms with van der Waals surface area (Å²) in [6.45, 7) is 6.96. The number of fused-ring (bicyclic) bond motifs is 6. The molecule has 256 valence electrons. The fourth-order valence-corrected chi connectivity index (χ4v) is 7.98. The van der Waals surface area contributed by atoms with Crippen molar-refractivity contribution in [2.75, 3.05) is 31.1 Å². The van der Waals surface area contributed by atoms with E-state index in [0.29, 0.717) is 63.6 Å². The Morgan fingerprint density at radius 3 is 2.65 bits per heavy atom. The highest BCUT2D eigenvalue weighted by molar-refractivity contribution is 7.99. The molecule has 1 amide bonds. The molecule has 0 spiro atoms. The topological polar surface area (TPSA) is 89.9 Å². The number of aromatic nitrogens is 3. The molecule has 3 atom stereocenters. The summed E-state index contributed by atoms with van der Waals surface area (Å²) in [6.07, 6.45) is 6.51. The first-order valence-corrected chi connectivity index (χ1v) is 17.2. The van der Waals surface area contributed by atoms with E-state index < -0.39 is 35.2 Å². The van der Waals surface area contributed by atoms with Gasteiger partial charge in [0.15, 0.2) is 17.8 Å². The second kappa shape index (κ2) is 12.2. The average Bonchev–Trinajstić information content (AvgIpc) is 3.22. The number of piperazine rings is 1. The zero-order valence-corrected chi connectivity index (χ0v) is 28.7. The van der Waals surface area contributed by atoms with Crippen molar-refractivity contribution in [3.8, 4) is 29.4 Å². The number of hydrogen-bond acceptors (Lipinski definition) is 9. The molecule has 2 aromatic carbocycles. The normalized spacial score (nSPS) is 21.4. The number of benzene rings is 2. The summed E-state index contributed by atoms with van der Waals surface area (Å²) in [5.41, 5.74) is -0.153. The Kier molecular flexibility index (Phi) is 8.30.